The van der Waals surface area contributed by atoms with Crippen molar-refractivity contribution in [1.82, 2.24) is 5.32 Å². The molecule has 0 saturated heterocycles. The lowest BCUT2D eigenvalue weighted by atomic mass is 10.0. The third-order valence-electron chi connectivity index (χ3n) is 4.28. The summed E-state index contributed by atoms with van der Waals surface area (Å²) in [5, 5.41) is 23.8. The minimum Gasteiger partial charge on any atom is -0.548 e. The van der Waals surface area contributed by atoms with Crippen LogP contribution in [0.2, 0.25) is 0 Å². The highest BCUT2D eigenvalue weighted by molar-refractivity contribution is 5.87. The molecule has 7 nitrogen and oxygen atoms in total. The quantitative estimate of drug-likeness (QED) is 0.649. The zero-order chi connectivity index (χ0) is 19.6. The van der Waals surface area contributed by atoms with E-state index in [4.69, 9.17) is 4.42 Å². The third kappa shape index (κ3) is 3.82. The molecule has 2 N–H and O–H groups in total. The van der Waals surface area contributed by atoms with Gasteiger partial charge in [0.15, 0.2) is 0 Å². The number of carboxylic acids is 1. The van der Waals surface area contributed by atoms with Crippen LogP contribution in [0, 0.1) is 6.92 Å². The van der Waals surface area contributed by atoms with Crippen molar-refractivity contribution in [3.63, 3.8) is 0 Å². The summed E-state index contributed by atoms with van der Waals surface area (Å²) in [4.78, 5) is 36.0. The maximum atomic E-state index is 12.4. The van der Waals surface area contributed by atoms with Gasteiger partial charge in [0.1, 0.15) is 11.3 Å². The van der Waals surface area contributed by atoms with Gasteiger partial charge in [0.2, 0.25) is 5.91 Å². The van der Waals surface area contributed by atoms with Crippen molar-refractivity contribution in [2.24, 2.45) is 0 Å². The summed E-state index contributed by atoms with van der Waals surface area (Å²) in [7, 11) is 0. The predicted octanol–water partition coefficient (Wildman–Crippen LogP) is 0.957. The zero-order valence-electron chi connectivity index (χ0n) is 14.4. The molecule has 0 radical (unpaired) electrons. The first-order valence-electron chi connectivity index (χ1n) is 8.17. The Kier molecular flexibility index (Phi) is 4.94. The number of hydrogen-bond acceptors (Lipinski definition) is 6. The maximum Gasteiger partial charge on any atom is 0.340 e. The van der Waals surface area contributed by atoms with Crippen molar-refractivity contribution < 1.29 is 24.2 Å². The first-order valence-corrected chi connectivity index (χ1v) is 8.17. The Labute approximate surface area is 153 Å². The molecule has 0 aliphatic rings. The van der Waals surface area contributed by atoms with Crippen LogP contribution < -0.4 is 16.0 Å². The second-order valence-electron chi connectivity index (χ2n) is 6.08. The van der Waals surface area contributed by atoms with E-state index in [2.05, 4.69) is 5.32 Å². The first-order chi connectivity index (χ1) is 12.9. The van der Waals surface area contributed by atoms with Crippen LogP contribution >= 0.6 is 0 Å². The van der Waals surface area contributed by atoms with Crippen molar-refractivity contribution >= 4 is 22.8 Å². The Morgan fingerprint density at radius 2 is 1.89 bits per heavy atom. The van der Waals surface area contributed by atoms with Crippen LogP contribution in [0.4, 0.5) is 0 Å². The van der Waals surface area contributed by atoms with Gasteiger partial charge in [-0.05, 0) is 30.2 Å². The average molecular weight is 366 g/mol. The second-order valence-corrected chi connectivity index (χ2v) is 6.08. The number of benzene rings is 2. The number of aliphatic carboxylic acids is 1. The summed E-state index contributed by atoms with van der Waals surface area (Å²) in [5.74, 6) is -2.15. The number of rotatable bonds is 5. The number of phenols is 1. The number of carbonyl (C=O) groups excluding carboxylic acids is 2. The number of fused-ring (bicyclic) bond motifs is 1. The molecule has 0 unspecified atom stereocenters. The second kappa shape index (κ2) is 7.33. The number of aromatic hydroxyl groups is 1. The van der Waals surface area contributed by atoms with Crippen LogP contribution in [0.1, 0.15) is 22.7 Å². The molecule has 0 aliphatic heterocycles. The van der Waals surface area contributed by atoms with Crippen LogP contribution in [0.15, 0.2) is 57.7 Å². The number of phenolic OH excluding ortho intramolecular Hbond substituents is 1. The lowest BCUT2D eigenvalue weighted by Crippen LogP contribution is -2.42. The van der Waals surface area contributed by atoms with Crippen molar-refractivity contribution in [3.05, 3.63) is 75.6 Å². The topological polar surface area (TPSA) is 120 Å². The molecule has 0 bridgehead atoms. The van der Waals surface area contributed by atoms with Crippen molar-refractivity contribution in [2.45, 2.75) is 19.4 Å². The molecule has 0 spiro atoms. The van der Waals surface area contributed by atoms with E-state index in [1.165, 1.54) is 12.1 Å². The minimum atomic E-state index is -1.45. The monoisotopic (exact) mass is 366 g/mol. The van der Waals surface area contributed by atoms with Crippen LogP contribution in [-0.2, 0) is 16.0 Å². The van der Waals surface area contributed by atoms with E-state index < -0.39 is 23.5 Å². The number of amides is 1. The lowest BCUT2D eigenvalue weighted by Gasteiger charge is -2.20. The lowest BCUT2D eigenvalue weighted by molar-refractivity contribution is -0.308. The Hall–Kier alpha value is -3.61. The molecule has 1 heterocycles. The number of hydrogen-bond donors (Lipinski definition) is 2. The number of nitrogens with one attached hydrogen (secondary N) is 1. The fraction of sp³-hybridized carbons (Fsp3) is 0.150. The summed E-state index contributed by atoms with van der Waals surface area (Å²) in [6.45, 7) is 1.66. The molecule has 3 aromatic rings. The normalized spacial score (nSPS) is 11.9. The van der Waals surface area contributed by atoms with Crippen LogP contribution in [0.5, 0.6) is 5.75 Å². The number of carbonyl (C=O) groups is 2. The van der Waals surface area contributed by atoms with E-state index in [0.29, 0.717) is 16.5 Å². The number of carboxylic acid groups (broad SMARTS) is 1. The van der Waals surface area contributed by atoms with E-state index in [1.807, 2.05) is 0 Å². The Morgan fingerprint density at radius 1 is 1.19 bits per heavy atom. The van der Waals surface area contributed by atoms with Crippen LogP contribution in [-0.4, -0.2) is 17.0 Å². The molecule has 0 fully saturated rings. The highest BCUT2D eigenvalue weighted by atomic mass is 16.4. The van der Waals surface area contributed by atoms with E-state index in [0.717, 1.165) is 0 Å². The van der Waals surface area contributed by atoms with E-state index in [-0.39, 0.29) is 23.3 Å². The largest absolute Gasteiger partial charge is 0.548 e. The summed E-state index contributed by atoms with van der Waals surface area (Å²) in [6, 6.07) is 11.1. The zero-order valence-corrected chi connectivity index (χ0v) is 14.4. The van der Waals surface area contributed by atoms with Gasteiger partial charge < -0.3 is 24.7 Å². The Morgan fingerprint density at radius 3 is 2.56 bits per heavy atom. The van der Waals surface area contributed by atoms with E-state index in [1.54, 1.807) is 43.3 Å². The van der Waals surface area contributed by atoms with Gasteiger partial charge >= 0.3 is 5.63 Å². The number of aryl methyl sites for hydroxylation is 1. The predicted molar refractivity (Wildman–Crippen MR) is 94.9 cm³/mol. The molecular formula is C20H16NO6-. The van der Waals surface area contributed by atoms with E-state index >= 15 is 0 Å². The van der Waals surface area contributed by atoms with Crippen LogP contribution in [0.3, 0.4) is 0 Å². The average Bonchev–Trinajstić information content (AvgIpc) is 2.63. The molecule has 0 aliphatic carbocycles. The molecule has 3 rings (SSSR count). The summed E-state index contributed by atoms with van der Waals surface area (Å²) >= 11 is 0. The molecule has 0 saturated carbocycles. The summed E-state index contributed by atoms with van der Waals surface area (Å²) in [6.07, 6.45) is -0.346. The van der Waals surface area contributed by atoms with Crippen LogP contribution in [0.25, 0.3) is 11.0 Å². The smallest absolute Gasteiger partial charge is 0.340 e. The standard InChI is InChI=1S/C20H17NO6/c1-11-14-8-7-13(22)9-16(14)27-20(26)15(11)10-17(23)21-18(19(24)25)12-5-3-2-4-6-12/h2-9,18,22H,10H2,1H3,(H,21,23)(H,24,25)/p-1/t18-/m1/s1. The first kappa shape index (κ1) is 18.2. The van der Waals surface area contributed by atoms with Gasteiger partial charge in [-0.2, -0.15) is 0 Å². The molecule has 27 heavy (non-hydrogen) atoms. The molecule has 1 aromatic heterocycles. The molecule has 1 amide bonds. The van der Waals surface area contributed by atoms with Crippen molar-refractivity contribution in [1.29, 1.82) is 0 Å². The fourth-order valence-electron chi connectivity index (χ4n) is 2.88. The summed E-state index contributed by atoms with van der Waals surface area (Å²) in [5.41, 5.74) is 0.504. The molecule has 2 aromatic carbocycles. The Balaban J connectivity index is 1.88. The molecule has 7 heteroatoms. The van der Waals surface area contributed by atoms with Gasteiger partial charge in [-0.3, -0.25) is 4.79 Å². The SMILES string of the molecule is Cc1c(CC(=O)N[C@@H](C(=O)[O-])c2ccccc2)c(=O)oc2cc(O)ccc12. The highest BCUT2D eigenvalue weighted by Gasteiger charge is 2.19. The molecular weight excluding hydrogens is 350 g/mol. The van der Waals surface area contributed by atoms with Crippen molar-refractivity contribution in [2.75, 3.05) is 0 Å². The van der Waals surface area contributed by atoms with Gasteiger partial charge in [0, 0.05) is 11.5 Å². The van der Waals surface area contributed by atoms with Gasteiger partial charge in [0.05, 0.1) is 24.0 Å². The van der Waals surface area contributed by atoms with Gasteiger partial charge in [-0.1, -0.05) is 30.3 Å². The molecule has 138 valence electrons. The molecule has 1 atom stereocenters. The highest BCUT2D eigenvalue weighted by Crippen LogP contribution is 2.23. The fourth-order valence-corrected chi connectivity index (χ4v) is 2.88. The Bertz CT molecular complexity index is 1070. The maximum absolute atomic E-state index is 12.4. The van der Waals surface area contributed by atoms with E-state index in [9.17, 15) is 24.6 Å². The van der Waals surface area contributed by atoms with Gasteiger partial charge in [-0.15, -0.1) is 0 Å². The third-order valence-corrected chi connectivity index (χ3v) is 4.28. The van der Waals surface area contributed by atoms with Crippen molar-refractivity contribution in [3.8, 4) is 5.75 Å². The van der Waals surface area contributed by atoms with Gasteiger partial charge in [0.25, 0.3) is 0 Å². The minimum absolute atomic E-state index is 0.0461. The summed E-state index contributed by atoms with van der Waals surface area (Å²) < 4.78 is 5.17. The van der Waals surface area contributed by atoms with Gasteiger partial charge in [-0.25, -0.2) is 4.79 Å².